The molecular formula is C25H23N5O2. The molecule has 2 amide bonds. The van der Waals surface area contributed by atoms with Gasteiger partial charge < -0.3 is 15.2 Å². The molecule has 0 bridgehead atoms. The first-order valence-electron chi connectivity index (χ1n) is 10.9. The van der Waals surface area contributed by atoms with E-state index >= 15 is 0 Å². The van der Waals surface area contributed by atoms with Crippen molar-refractivity contribution >= 4 is 28.4 Å². The summed E-state index contributed by atoms with van der Waals surface area (Å²) in [5.74, 6) is -0.234. The fourth-order valence-electron chi connectivity index (χ4n) is 4.50. The van der Waals surface area contributed by atoms with E-state index in [4.69, 9.17) is 0 Å². The van der Waals surface area contributed by atoms with Gasteiger partial charge in [-0.25, -0.2) is 0 Å². The number of rotatable bonds is 4. The zero-order valence-corrected chi connectivity index (χ0v) is 17.5. The molecule has 1 saturated carbocycles. The van der Waals surface area contributed by atoms with Gasteiger partial charge in [0.2, 0.25) is 0 Å². The summed E-state index contributed by atoms with van der Waals surface area (Å²) >= 11 is 0. The maximum Gasteiger partial charge on any atom is 0.267 e. The molecule has 0 saturated heterocycles. The van der Waals surface area contributed by atoms with Crippen molar-refractivity contribution in [3.05, 3.63) is 83.8 Å². The molecule has 1 spiro atoms. The van der Waals surface area contributed by atoms with Crippen LogP contribution in [0.2, 0.25) is 0 Å². The lowest BCUT2D eigenvalue weighted by Crippen LogP contribution is -2.27. The van der Waals surface area contributed by atoms with Crippen molar-refractivity contribution in [3.63, 3.8) is 0 Å². The summed E-state index contributed by atoms with van der Waals surface area (Å²) in [7, 11) is 0. The summed E-state index contributed by atoms with van der Waals surface area (Å²) < 4.78 is 3.88. The van der Waals surface area contributed by atoms with E-state index in [1.54, 1.807) is 16.9 Å². The van der Waals surface area contributed by atoms with Gasteiger partial charge in [-0.2, -0.15) is 5.10 Å². The molecule has 1 fully saturated rings. The second-order valence-electron chi connectivity index (χ2n) is 8.94. The molecule has 0 unspecified atom stereocenters. The Hall–Kier alpha value is -3.87. The predicted molar refractivity (Wildman–Crippen MR) is 122 cm³/mol. The maximum atomic E-state index is 13.0. The van der Waals surface area contributed by atoms with Gasteiger partial charge in [-0.1, -0.05) is 36.4 Å². The van der Waals surface area contributed by atoms with Crippen LogP contribution in [-0.4, -0.2) is 32.7 Å². The van der Waals surface area contributed by atoms with Gasteiger partial charge in [0, 0.05) is 41.2 Å². The number of fused-ring (bicyclic) bond motifs is 3. The van der Waals surface area contributed by atoms with E-state index in [1.165, 1.54) is 0 Å². The Morgan fingerprint density at radius 2 is 1.97 bits per heavy atom. The van der Waals surface area contributed by atoms with Crippen LogP contribution < -0.4 is 10.6 Å². The van der Waals surface area contributed by atoms with Gasteiger partial charge in [-0.15, -0.1) is 0 Å². The molecule has 160 valence electrons. The van der Waals surface area contributed by atoms with Crippen LogP contribution in [0.3, 0.4) is 0 Å². The van der Waals surface area contributed by atoms with E-state index < -0.39 is 0 Å². The van der Waals surface area contributed by atoms with Gasteiger partial charge in [-0.05, 0) is 36.6 Å². The Labute approximate surface area is 185 Å². The highest BCUT2D eigenvalue weighted by atomic mass is 16.2. The van der Waals surface area contributed by atoms with Gasteiger partial charge in [0.25, 0.3) is 11.8 Å². The molecule has 2 N–H and O–H groups in total. The van der Waals surface area contributed by atoms with Crippen molar-refractivity contribution in [1.29, 1.82) is 0 Å². The number of carbonyl (C=O) groups excluding carboxylic acids is 2. The molecule has 6 rings (SSSR count). The Balaban J connectivity index is 1.25. The highest BCUT2D eigenvalue weighted by Crippen LogP contribution is 2.48. The average molecular weight is 425 g/mol. The van der Waals surface area contributed by atoms with Crippen molar-refractivity contribution in [2.24, 2.45) is 5.41 Å². The molecule has 2 aromatic carbocycles. The minimum Gasteiger partial charge on any atom is -0.350 e. The van der Waals surface area contributed by atoms with Crippen molar-refractivity contribution < 1.29 is 9.59 Å². The SMILES string of the molecule is O=C(Nc1cnn(Cc2ccccc2)c1)c1ccc2cc3n(c2c1)CC1(CC1)CNC3=O. The Kier molecular flexibility index (Phi) is 4.18. The van der Waals surface area contributed by atoms with Gasteiger partial charge in [0.1, 0.15) is 5.69 Å². The summed E-state index contributed by atoms with van der Waals surface area (Å²) in [5.41, 5.74) is 4.11. The Morgan fingerprint density at radius 1 is 1.12 bits per heavy atom. The summed E-state index contributed by atoms with van der Waals surface area (Å²) in [6.07, 6.45) is 5.73. The van der Waals surface area contributed by atoms with Crippen LogP contribution >= 0.6 is 0 Å². The van der Waals surface area contributed by atoms with Gasteiger partial charge in [0.05, 0.1) is 18.4 Å². The van der Waals surface area contributed by atoms with Crippen molar-refractivity contribution in [1.82, 2.24) is 19.7 Å². The summed E-state index contributed by atoms with van der Waals surface area (Å²) in [6, 6.07) is 17.6. The number of anilines is 1. The number of nitrogens with zero attached hydrogens (tertiary/aromatic N) is 3. The van der Waals surface area contributed by atoms with Gasteiger partial charge >= 0.3 is 0 Å². The fourth-order valence-corrected chi connectivity index (χ4v) is 4.50. The fraction of sp³-hybridized carbons (Fsp3) is 0.240. The second-order valence-corrected chi connectivity index (χ2v) is 8.94. The zero-order valence-electron chi connectivity index (χ0n) is 17.5. The van der Waals surface area contributed by atoms with E-state index in [-0.39, 0.29) is 17.2 Å². The summed E-state index contributed by atoms with van der Waals surface area (Å²) in [5, 5.41) is 11.3. The number of hydrogen-bond acceptors (Lipinski definition) is 3. The van der Waals surface area contributed by atoms with E-state index in [1.807, 2.05) is 54.7 Å². The first kappa shape index (κ1) is 18.9. The first-order chi connectivity index (χ1) is 15.6. The smallest absolute Gasteiger partial charge is 0.267 e. The van der Waals surface area contributed by atoms with Crippen LogP contribution in [0, 0.1) is 5.41 Å². The van der Waals surface area contributed by atoms with Gasteiger partial charge in [-0.3, -0.25) is 14.3 Å². The third-order valence-electron chi connectivity index (χ3n) is 6.55. The number of hydrogen-bond donors (Lipinski definition) is 2. The standard InChI is InChI=1S/C25H23N5O2/c31-23(28-20-12-27-29(14-20)13-17-4-2-1-3-5-17)19-7-6-18-10-22-24(32)26-15-25(8-9-25)16-30(22)21(18)11-19/h1-7,10-12,14H,8-9,13,15-16H2,(H,26,32)(H,28,31). The molecule has 1 aliphatic heterocycles. The summed E-state index contributed by atoms with van der Waals surface area (Å²) in [6.45, 7) is 2.17. The number of nitrogens with one attached hydrogen (secondary N) is 2. The summed E-state index contributed by atoms with van der Waals surface area (Å²) in [4.78, 5) is 25.5. The van der Waals surface area contributed by atoms with Crippen LogP contribution in [-0.2, 0) is 13.1 Å². The predicted octanol–water partition coefficient (Wildman–Crippen LogP) is 3.66. The van der Waals surface area contributed by atoms with Gasteiger partial charge in [0.15, 0.2) is 0 Å². The molecule has 3 heterocycles. The third kappa shape index (κ3) is 3.36. The molecule has 2 aliphatic rings. The van der Waals surface area contributed by atoms with Crippen LogP contribution in [0.1, 0.15) is 39.3 Å². The van der Waals surface area contributed by atoms with Crippen LogP contribution in [0.5, 0.6) is 0 Å². The molecule has 7 heteroatoms. The molecular weight excluding hydrogens is 402 g/mol. The number of amides is 2. The zero-order chi connectivity index (χ0) is 21.7. The quantitative estimate of drug-likeness (QED) is 0.524. The second kappa shape index (κ2) is 7.09. The van der Waals surface area contributed by atoms with Crippen LogP contribution in [0.25, 0.3) is 10.9 Å². The molecule has 2 aromatic heterocycles. The molecule has 4 aromatic rings. The number of aromatic nitrogens is 3. The molecule has 0 atom stereocenters. The average Bonchev–Trinajstić information content (AvgIpc) is 3.33. The maximum absolute atomic E-state index is 13.0. The first-order valence-corrected chi connectivity index (χ1v) is 10.9. The minimum absolute atomic E-state index is 0.0400. The van der Waals surface area contributed by atoms with Crippen LogP contribution in [0.15, 0.2) is 67.0 Å². The molecule has 7 nitrogen and oxygen atoms in total. The van der Waals surface area contributed by atoms with Crippen LogP contribution in [0.4, 0.5) is 5.69 Å². The highest BCUT2D eigenvalue weighted by Gasteiger charge is 2.45. The monoisotopic (exact) mass is 425 g/mol. The third-order valence-corrected chi connectivity index (χ3v) is 6.55. The lowest BCUT2D eigenvalue weighted by Gasteiger charge is -2.14. The topological polar surface area (TPSA) is 81.0 Å². The number of benzene rings is 2. The van der Waals surface area contributed by atoms with E-state index in [2.05, 4.69) is 20.3 Å². The lowest BCUT2D eigenvalue weighted by atomic mass is 10.1. The van der Waals surface area contributed by atoms with Crippen molar-refractivity contribution in [2.75, 3.05) is 11.9 Å². The Morgan fingerprint density at radius 3 is 2.78 bits per heavy atom. The van der Waals surface area contributed by atoms with E-state index in [0.29, 0.717) is 23.5 Å². The Bertz CT molecular complexity index is 1350. The number of carbonyl (C=O) groups is 2. The molecule has 1 aliphatic carbocycles. The highest BCUT2D eigenvalue weighted by molar-refractivity contribution is 6.07. The largest absolute Gasteiger partial charge is 0.350 e. The minimum atomic E-state index is -0.194. The molecule has 32 heavy (non-hydrogen) atoms. The lowest BCUT2D eigenvalue weighted by molar-refractivity contribution is 0.0946. The molecule has 0 radical (unpaired) electrons. The van der Waals surface area contributed by atoms with Crippen molar-refractivity contribution in [2.45, 2.75) is 25.9 Å². The van der Waals surface area contributed by atoms with E-state index in [0.717, 1.165) is 42.4 Å². The normalized spacial score (nSPS) is 16.4. The van der Waals surface area contributed by atoms with Crippen molar-refractivity contribution in [3.8, 4) is 0 Å². The van der Waals surface area contributed by atoms with E-state index in [9.17, 15) is 9.59 Å².